The SMILES string of the molecule is CCNc1cc(C)c(-c2cccc(Br)c2)nn1. The molecule has 3 nitrogen and oxygen atoms in total. The van der Waals surface area contributed by atoms with Gasteiger partial charge in [0.2, 0.25) is 0 Å². The molecule has 0 fully saturated rings. The second-order valence-electron chi connectivity index (χ2n) is 3.80. The number of hydrogen-bond acceptors (Lipinski definition) is 3. The van der Waals surface area contributed by atoms with Crippen LogP contribution in [0.25, 0.3) is 11.3 Å². The van der Waals surface area contributed by atoms with Crippen molar-refractivity contribution in [3.05, 3.63) is 40.4 Å². The highest BCUT2D eigenvalue weighted by molar-refractivity contribution is 9.10. The van der Waals surface area contributed by atoms with Crippen LogP contribution < -0.4 is 5.32 Å². The topological polar surface area (TPSA) is 37.8 Å². The molecule has 0 bridgehead atoms. The first kappa shape index (κ1) is 12.0. The second kappa shape index (κ2) is 5.27. The van der Waals surface area contributed by atoms with Gasteiger partial charge in [0.1, 0.15) is 5.82 Å². The number of aryl methyl sites for hydroxylation is 1. The first-order chi connectivity index (χ1) is 8.20. The molecule has 0 unspecified atom stereocenters. The van der Waals surface area contributed by atoms with Crippen molar-refractivity contribution >= 4 is 21.7 Å². The average molecular weight is 292 g/mol. The normalized spacial score (nSPS) is 10.3. The lowest BCUT2D eigenvalue weighted by atomic mass is 10.1. The number of anilines is 1. The minimum absolute atomic E-state index is 0.823. The fraction of sp³-hybridized carbons (Fsp3) is 0.231. The van der Waals surface area contributed by atoms with Crippen molar-refractivity contribution < 1.29 is 0 Å². The summed E-state index contributed by atoms with van der Waals surface area (Å²) in [6.07, 6.45) is 0. The maximum Gasteiger partial charge on any atom is 0.148 e. The van der Waals surface area contributed by atoms with Gasteiger partial charge in [-0.2, -0.15) is 0 Å². The number of nitrogens with zero attached hydrogens (tertiary/aromatic N) is 2. The van der Waals surface area contributed by atoms with Gasteiger partial charge in [0.15, 0.2) is 0 Å². The number of aromatic nitrogens is 2. The molecule has 1 aromatic heterocycles. The number of rotatable bonds is 3. The van der Waals surface area contributed by atoms with E-state index < -0.39 is 0 Å². The Balaban J connectivity index is 2.39. The predicted octanol–water partition coefficient (Wildman–Crippen LogP) is 3.65. The second-order valence-corrected chi connectivity index (χ2v) is 4.72. The summed E-state index contributed by atoms with van der Waals surface area (Å²) < 4.78 is 1.05. The van der Waals surface area contributed by atoms with Gasteiger partial charge in [0.05, 0.1) is 5.69 Å². The zero-order valence-corrected chi connectivity index (χ0v) is 11.5. The molecule has 2 aromatic rings. The first-order valence-corrected chi connectivity index (χ1v) is 6.34. The van der Waals surface area contributed by atoms with Crippen LogP contribution in [0.4, 0.5) is 5.82 Å². The minimum Gasteiger partial charge on any atom is -0.369 e. The fourth-order valence-electron chi connectivity index (χ4n) is 1.67. The third kappa shape index (κ3) is 2.82. The van der Waals surface area contributed by atoms with Crippen molar-refractivity contribution in [2.75, 3.05) is 11.9 Å². The van der Waals surface area contributed by atoms with Crippen LogP contribution in [0.5, 0.6) is 0 Å². The smallest absolute Gasteiger partial charge is 0.148 e. The number of halogens is 1. The predicted molar refractivity (Wildman–Crippen MR) is 74.1 cm³/mol. The molecule has 0 radical (unpaired) electrons. The molecule has 88 valence electrons. The molecule has 0 amide bonds. The van der Waals surface area contributed by atoms with Gasteiger partial charge in [-0.25, -0.2) is 0 Å². The Bertz CT molecular complexity index is 526. The van der Waals surface area contributed by atoms with Crippen LogP contribution >= 0.6 is 15.9 Å². The summed E-state index contributed by atoms with van der Waals surface area (Å²) in [5, 5.41) is 11.6. The summed E-state index contributed by atoms with van der Waals surface area (Å²) in [5.41, 5.74) is 3.12. The van der Waals surface area contributed by atoms with E-state index in [0.29, 0.717) is 0 Å². The van der Waals surface area contributed by atoms with Crippen molar-refractivity contribution in [3.8, 4) is 11.3 Å². The van der Waals surface area contributed by atoms with Gasteiger partial charge in [-0.05, 0) is 37.6 Å². The van der Waals surface area contributed by atoms with E-state index in [1.54, 1.807) is 0 Å². The molecular formula is C13H14BrN3. The van der Waals surface area contributed by atoms with Crippen LogP contribution in [0.2, 0.25) is 0 Å². The molecule has 0 spiro atoms. The molecule has 0 saturated heterocycles. The number of benzene rings is 1. The van der Waals surface area contributed by atoms with E-state index in [0.717, 1.165) is 33.7 Å². The standard InChI is InChI=1S/C13H14BrN3/c1-3-15-12-7-9(2)13(17-16-12)10-5-4-6-11(14)8-10/h4-8H,3H2,1-2H3,(H,15,16). The quantitative estimate of drug-likeness (QED) is 0.938. The molecule has 1 aromatic carbocycles. The molecule has 17 heavy (non-hydrogen) atoms. The van der Waals surface area contributed by atoms with Crippen molar-refractivity contribution in [1.29, 1.82) is 0 Å². The fourth-order valence-corrected chi connectivity index (χ4v) is 2.07. The van der Waals surface area contributed by atoms with Gasteiger partial charge in [0, 0.05) is 16.6 Å². The van der Waals surface area contributed by atoms with E-state index in [2.05, 4.69) is 31.4 Å². The van der Waals surface area contributed by atoms with E-state index in [1.165, 1.54) is 0 Å². The van der Waals surface area contributed by atoms with Gasteiger partial charge in [0.25, 0.3) is 0 Å². The van der Waals surface area contributed by atoms with Crippen LogP contribution in [0.1, 0.15) is 12.5 Å². The minimum atomic E-state index is 0.823. The summed E-state index contributed by atoms with van der Waals surface area (Å²) in [5.74, 6) is 0.823. The summed E-state index contributed by atoms with van der Waals surface area (Å²) >= 11 is 3.46. The monoisotopic (exact) mass is 291 g/mol. The molecule has 0 aliphatic heterocycles. The Morgan fingerprint density at radius 3 is 2.71 bits per heavy atom. The average Bonchev–Trinajstić information content (AvgIpc) is 2.29. The van der Waals surface area contributed by atoms with Crippen LogP contribution in [0, 0.1) is 6.92 Å². The summed E-state index contributed by atoms with van der Waals surface area (Å²) in [6, 6.07) is 10.1. The summed E-state index contributed by atoms with van der Waals surface area (Å²) in [4.78, 5) is 0. The third-order valence-corrected chi connectivity index (χ3v) is 2.93. The lowest BCUT2D eigenvalue weighted by Crippen LogP contribution is -2.02. The third-order valence-electron chi connectivity index (χ3n) is 2.44. The molecule has 0 aliphatic carbocycles. The Morgan fingerprint density at radius 2 is 2.06 bits per heavy atom. The van der Waals surface area contributed by atoms with Crippen molar-refractivity contribution in [1.82, 2.24) is 10.2 Å². The van der Waals surface area contributed by atoms with Crippen LogP contribution in [0.3, 0.4) is 0 Å². The van der Waals surface area contributed by atoms with Crippen LogP contribution in [-0.4, -0.2) is 16.7 Å². The van der Waals surface area contributed by atoms with Crippen molar-refractivity contribution in [3.63, 3.8) is 0 Å². The first-order valence-electron chi connectivity index (χ1n) is 5.55. The van der Waals surface area contributed by atoms with Gasteiger partial charge in [-0.1, -0.05) is 28.1 Å². The number of nitrogens with one attached hydrogen (secondary N) is 1. The summed E-state index contributed by atoms with van der Waals surface area (Å²) in [7, 11) is 0. The van der Waals surface area contributed by atoms with Gasteiger partial charge in [-0.3, -0.25) is 0 Å². The largest absolute Gasteiger partial charge is 0.369 e. The van der Waals surface area contributed by atoms with Gasteiger partial charge >= 0.3 is 0 Å². The van der Waals surface area contributed by atoms with Crippen molar-refractivity contribution in [2.45, 2.75) is 13.8 Å². The molecule has 0 atom stereocenters. The molecule has 1 heterocycles. The molecular weight excluding hydrogens is 278 g/mol. The molecule has 0 aliphatic rings. The molecule has 1 N–H and O–H groups in total. The van der Waals surface area contributed by atoms with E-state index in [9.17, 15) is 0 Å². The lowest BCUT2D eigenvalue weighted by Gasteiger charge is -2.07. The highest BCUT2D eigenvalue weighted by atomic mass is 79.9. The van der Waals surface area contributed by atoms with E-state index in [-0.39, 0.29) is 0 Å². The Morgan fingerprint density at radius 1 is 1.24 bits per heavy atom. The molecule has 0 saturated carbocycles. The van der Waals surface area contributed by atoms with Gasteiger partial charge in [-0.15, -0.1) is 10.2 Å². The Kier molecular flexibility index (Phi) is 3.74. The highest BCUT2D eigenvalue weighted by Gasteiger charge is 2.06. The summed E-state index contributed by atoms with van der Waals surface area (Å²) in [6.45, 7) is 4.94. The highest BCUT2D eigenvalue weighted by Crippen LogP contribution is 2.24. The molecule has 4 heteroatoms. The van der Waals surface area contributed by atoms with Crippen LogP contribution in [0.15, 0.2) is 34.8 Å². The lowest BCUT2D eigenvalue weighted by molar-refractivity contribution is 1.00. The van der Waals surface area contributed by atoms with E-state index in [4.69, 9.17) is 0 Å². The van der Waals surface area contributed by atoms with Crippen molar-refractivity contribution in [2.24, 2.45) is 0 Å². The Hall–Kier alpha value is -1.42. The zero-order valence-electron chi connectivity index (χ0n) is 9.87. The van der Waals surface area contributed by atoms with Gasteiger partial charge < -0.3 is 5.32 Å². The van der Waals surface area contributed by atoms with E-state index >= 15 is 0 Å². The zero-order chi connectivity index (χ0) is 12.3. The Labute approximate surface area is 109 Å². The van der Waals surface area contributed by atoms with Crippen LogP contribution in [-0.2, 0) is 0 Å². The maximum absolute atomic E-state index is 4.27. The molecule has 2 rings (SSSR count). The van der Waals surface area contributed by atoms with E-state index in [1.807, 2.05) is 44.2 Å². The maximum atomic E-state index is 4.27. The number of hydrogen-bond donors (Lipinski definition) is 1.